The Hall–Kier alpha value is -2.70. The third-order valence-electron chi connectivity index (χ3n) is 3.48. The summed E-state index contributed by atoms with van der Waals surface area (Å²) >= 11 is 0. The number of aromatic carboxylic acids is 1. The van der Waals surface area contributed by atoms with Crippen molar-refractivity contribution >= 4 is 17.6 Å². The number of nitrogens with zero attached hydrogens (tertiary/aromatic N) is 3. The van der Waals surface area contributed by atoms with E-state index in [1.165, 1.54) is 6.07 Å². The Kier molecular flexibility index (Phi) is 3.17. The molecule has 7 heteroatoms. The minimum absolute atomic E-state index is 0.127. The lowest BCUT2D eigenvalue weighted by Gasteiger charge is -2.28. The maximum Gasteiger partial charge on any atom is 0.335 e. The third kappa shape index (κ3) is 2.37. The summed E-state index contributed by atoms with van der Waals surface area (Å²) in [7, 11) is 0. The molecular weight excluding hydrogens is 272 g/mol. The number of H-pyrrole nitrogens is 1. The summed E-state index contributed by atoms with van der Waals surface area (Å²) in [5.41, 5.74) is 1.83. The molecule has 1 aromatic heterocycles. The molecule has 108 valence electrons. The van der Waals surface area contributed by atoms with Crippen LogP contribution in [0.5, 0.6) is 0 Å². The molecule has 2 N–H and O–H groups in total. The van der Waals surface area contributed by atoms with Crippen LogP contribution >= 0.6 is 0 Å². The first-order valence-corrected chi connectivity index (χ1v) is 6.63. The predicted molar refractivity (Wildman–Crippen MR) is 74.5 cm³/mol. The lowest BCUT2D eigenvalue weighted by atomic mass is 9.99. The van der Waals surface area contributed by atoms with Crippen LogP contribution in [0, 0.1) is 6.92 Å². The second kappa shape index (κ2) is 5.01. The Bertz CT molecular complexity index is 723. The number of aryl methyl sites for hydroxylation is 2. The first-order valence-electron chi connectivity index (χ1n) is 6.63. The highest BCUT2D eigenvalue weighted by Crippen LogP contribution is 2.29. The highest BCUT2D eigenvalue weighted by molar-refractivity contribution is 6.04. The van der Waals surface area contributed by atoms with Crippen LogP contribution in [-0.4, -0.2) is 38.7 Å². The molecule has 1 aliphatic rings. The molecule has 1 aromatic carbocycles. The highest BCUT2D eigenvalue weighted by atomic mass is 16.4. The van der Waals surface area contributed by atoms with E-state index in [9.17, 15) is 9.59 Å². The number of hydrogen-bond donors (Lipinski definition) is 2. The molecule has 0 radical (unpaired) electrons. The fourth-order valence-corrected chi connectivity index (χ4v) is 2.50. The van der Waals surface area contributed by atoms with Crippen LogP contribution < -0.4 is 4.90 Å². The molecule has 0 saturated carbocycles. The Morgan fingerprint density at radius 1 is 1.38 bits per heavy atom. The zero-order chi connectivity index (χ0) is 15.0. The van der Waals surface area contributed by atoms with E-state index >= 15 is 0 Å². The van der Waals surface area contributed by atoms with Gasteiger partial charge in [-0.25, -0.2) is 9.78 Å². The number of benzene rings is 1. The van der Waals surface area contributed by atoms with Crippen molar-refractivity contribution in [3.05, 3.63) is 41.0 Å². The minimum atomic E-state index is -0.967. The summed E-state index contributed by atoms with van der Waals surface area (Å²) in [5.74, 6) is -0.534. The van der Waals surface area contributed by atoms with Crippen LogP contribution in [0.4, 0.5) is 5.69 Å². The van der Waals surface area contributed by atoms with Gasteiger partial charge in [0.1, 0.15) is 5.82 Å². The number of nitrogens with one attached hydrogen (secondary N) is 1. The summed E-state index contributed by atoms with van der Waals surface area (Å²) < 4.78 is 0. The molecule has 0 spiro atoms. The SMILES string of the molecule is Cc1nc(C(=O)N2CCCc3cc(C(=O)O)ccc32)n[nH]1. The van der Waals surface area contributed by atoms with Crippen molar-refractivity contribution in [2.45, 2.75) is 19.8 Å². The van der Waals surface area contributed by atoms with Crippen molar-refractivity contribution in [1.82, 2.24) is 15.2 Å². The van der Waals surface area contributed by atoms with Gasteiger partial charge in [0.25, 0.3) is 5.91 Å². The fourth-order valence-electron chi connectivity index (χ4n) is 2.50. The first-order chi connectivity index (χ1) is 10.1. The highest BCUT2D eigenvalue weighted by Gasteiger charge is 2.26. The zero-order valence-electron chi connectivity index (χ0n) is 11.5. The summed E-state index contributed by atoms with van der Waals surface area (Å²) in [4.78, 5) is 29.1. The summed E-state index contributed by atoms with van der Waals surface area (Å²) in [6, 6.07) is 4.81. The van der Waals surface area contributed by atoms with Gasteiger partial charge in [-0.15, -0.1) is 5.10 Å². The third-order valence-corrected chi connectivity index (χ3v) is 3.48. The molecule has 0 fully saturated rings. The van der Waals surface area contributed by atoms with Crippen molar-refractivity contribution in [3.63, 3.8) is 0 Å². The van der Waals surface area contributed by atoms with Gasteiger partial charge in [-0.3, -0.25) is 9.89 Å². The molecule has 0 atom stereocenters. The van der Waals surface area contributed by atoms with E-state index < -0.39 is 5.97 Å². The summed E-state index contributed by atoms with van der Waals surface area (Å²) in [6.45, 7) is 2.30. The van der Waals surface area contributed by atoms with Crippen LogP contribution in [0.25, 0.3) is 0 Å². The van der Waals surface area contributed by atoms with Crippen molar-refractivity contribution < 1.29 is 14.7 Å². The fraction of sp³-hybridized carbons (Fsp3) is 0.286. The Morgan fingerprint density at radius 2 is 2.19 bits per heavy atom. The smallest absolute Gasteiger partial charge is 0.335 e. The van der Waals surface area contributed by atoms with Gasteiger partial charge in [0.15, 0.2) is 0 Å². The normalized spacial score (nSPS) is 13.9. The Balaban J connectivity index is 1.97. The van der Waals surface area contributed by atoms with E-state index in [1.54, 1.807) is 24.0 Å². The maximum absolute atomic E-state index is 12.5. The van der Waals surface area contributed by atoms with Crippen molar-refractivity contribution in [1.29, 1.82) is 0 Å². The molecule has 1 aliphatic heterocycles. The van der Waals surface area contributed by atoms with Crippen LogP contribution in [0.1, 0.15) is 38.8 Å². The number of carbonyl (C=O) groups excluding carboxylic acids is 1. The van der Waals surface area contributed by atoms with Gasteiger partial charge in [-0.1, -0.05) is 0 Å². The predicted octanol–water partition coefficient (Wildman–Crippen LogP) is 1.40. The monoisotopic (exact) mass is 286 g/mol. The van der Waals surface area contributed by atoms with E-state index in [0.29, 0.717) is 12.4 Å². The zero-order valence-corrected chi connectivity index (χ0v) is 11.5. The summed E-state index contributed by atoms with van der Waals surface area (Å²) in [5, 5.41) is 15.6. The van der Waals surface area contributed by atoms with E-state index in [-0.39, 0.29) is 17.3 Å². The minimum Gasteiger partial charge on any atom is -0.478 e. The second-order valence-electron chi connectivity index (χ2n) is 4.95. The number of amides is 1. The van der Waals surface area contributed by atoms with Crippen molar-refractivity contribution in [2.75, 3.05) is 11.4 Å². The number of aromatic nitrogens is 3. The van der Waals surface area contributed by atoms with E-state index in [2.05, 4.69) is 15.2 Å². The average molecular weight is 286 g/mol. The molecular formula is C14H14N4O3. The number of anilines is 1. The van der Waals surface area contributed by atoms with E-state index in [0.717, 1.165) is 24.1 Å². The molecule has 0 saturated heterocycles. The van der Waals surface area contributed by atoms with Gasteiger partial charge in [-0.05, 0) is 43.5 Å². The molecule has 0 aliphatic carbocycles. The van der Waals surface area contributed by atoms with Gasteiger partial charge in [0, 0.05) is 12.2 Å². The Labute approximate surface area is 120 Å². The molecule has 2 heterocycles. The number of aromatic amines is 1. The number of carboxylic acid groups (broad SMARTS) is 1. The number of carbonyl (C=O) groups is 2. The van der Waals surface area contributed by atoms with Gasteiger partial charge < -0.3 is 10.0 Å². The van der Waals surface area contributed by atoms with Crippen LogP contribution in [0.3, 0.4) is 0 Å². The van der Waals surface area contributed by atoms with Gasteiger partial charge in [-0.2, -0.15) is 0 Å². The van der Waals surface area contributed by atoms with Crippen LogP contribution in [0.2, 0.25) is 0 Å². The molecule has 1 amide bonds. The molecule has 0 bridgehead atoms. The van der Waals surface area contributed by atoms with Gasteiger partial charge in [0.05, 0.1) is 5.56 Å². The molecule has 0 unspecified atom stereocenters. The number of fused-ring (bicyclic) bond motifs is 1. The van der Waals surface area contributed by atoms with Crippen molar-refractivity contribution in [3.8, 4) is 0 Å². The molecule has 2 aromatic rings. The first kappa shape index (κ1) is 13.3. The molecule has 21 heavy (non-hydrogen) atoms. The maximum atomic E-state index is 12.5. The molecule has 7 nitrogen and oxygen atoms in total. The van der Waals surface area contributed by atoms with E-state index in [1.807, 2.05) is 0 Å². The standard InChI is InChI=1S/C14H14N4O3/c1-8-15-12(17-16-8)13(19)18-6-2-3-9-7-10(14(20)21)4-5-11(9)18/h4-5,7H,2-3,6H2,1H3,(H,20,21)(H,15,16,17). The largest absolute Gasteiger partial charge is 0.478 e. The van der Waals surface area contributed by atoms with Gasteiger partial charge >= 0.3 is 5.97 Å². The Morgan fingerprint density at radius 3 is 2.86 bits per heavy atom. The number of rotatable bonds is 2. The lowest BCUT2D eigenvalue weighted by molar-refractivity contribution is 0.0696. The second-order valence-corrected chi connectivity index (χ2v) is 4.95. The van der Waals surface area contributed by atoms with Crippen LogP contribution in [-0.2, 0) is 6.42 Å². The molecule has 3 rings (SSSR count). The quantitative estimate of drug-likeness (QED) is 0.869. The summed E-state index contributed by atoms with van der Waals surface area (Å²) in [6.07, 6.45) is 1.54. The van der Waals surface area contributed by atoms with Crippen molar-refractivity contribution in [2.24, 2.45) is 0 Å². The topological polar surface area (TPSA) is 99.2 Å². The number of carboxylic acids is 1. The average Bonchev–Trinajstić information content (AvgIpc) is 2.91. The van der Waals surface area contributed by atoms with Crippen LogP contribution in [0.15, 0.2) is 18.2 Å². The number of hydrogen-bond acceptors (Lipinski definition) is 4. The van der Waals surface area contributed by atoms with Gasteiger partial charge in [0.2, 0.25) is 5.82 Å². The lowest BCUT2D eigenvalue weighted by Crippen LogP contribution is -2.36. The van der Waals surface area contributed by atoms with E-state index in [4.69, 9.17) is 5.11 Å².